The molecule has 0 radical (unpaired) electrons. The molecule has 0 fully saturated rings. The van der Waals surface area contributed by atoms with Crippen LogP contribution in [-0.4, -0.2) is 12.9 Å². The first-order chi connectivity index (χ1) is 10.7. The third-order valence-electron chi connectivity index (χ3n) is 3.27. The third kappa shape index (κ3) is 2.76. The van der Waals surface area contributed by atoms with Gasteiger partial charge in [-0.25, -0.2) is 4.39 Å². The number of carbonyl (C=O) groups is 1. The molecule has 3 nitrogen and oxygen atoms in total. The number of ether oxygens (including phenoxy) is 1. The van der Waals surface area contributed by atoms with E-state index in [0.29, 0.717) is 11.1 Å². The van der Waals surface area contributed by atoms with E-state index in [9.17, 15) is 9.18 Å². The summed E-state index contributed by atoms with van der Waals surface area (Å²) in [5.74, 6) is -0.319. The van der Waals surface area contributed by atoms with Crippen molar-refractivity contribution in [2.75, 3.05) is 7.11 Å². The van der Waals surface area contributed by atoms with Gasteiger partial charge in [0.25, 0.3) is 0 Å². The number of allylic oxidation sites excluding steroid dienone is 1. The molecule has 0 saturated carbocycles. The van der Waals surface area contributed by atoms with Crippen LogP contribution in [0.25, 0.3) is 17.0 Å². The standard InChI is InChI=1S/C18H13FO3/c1-21-17-9-7-12(10-14(17)19)6-8-15(20)18-11-13-4-2-3-5-16(13)22-18/h2-11H,1H3/b8-6+. The molecule has 2 aromatic carbocycles. The first-order valence-electron chi connectivity index (χ1n) is 6.72. The highest BCUT2D eigenvalue weighted by atomic mass is 19.1. The summed E-state index contributed by atoms with van der Waals surface area (Å²) in [5.41, 5.74) is 1.23. The van der Waals surface area contributed by atoms with E-state index in [4.69, 9.17) is 9.15 Å². The number of halogens is 1. The molecule has 0 bridgehead atoms. The van der Waals surface area contributed by atoms with E-state index < -0.39 is 5.82 Å². The summed E-state index contributed by atoms with van der Waals surface area (Å²) in [6.07, 6.45) is 2.90. The molecule has 0 amide bonds. The van der Waals surface area contributed by atoms with E-state index in [1.807, 2.05) is 18.2 Å². The van der Waals surface area contributed by atoms with Crippen LogP contribution in [0.3, 0.4) is 0 Å². The average molecular weight is 296 g/mol. The van der Waals surface area contributed by atoms with Crippen molar-refractivity contribution in [3.63, 3.8) is 0 Å². The molecule has 0 N–H and O–H groups in total. The Bertz CT molecular complexity index is 829. The smallest absolute Gasteiger partial charge is 0.221 e. The molecule has 1 aromatic heterocycles. The van der Waals surface area contributed by atoms with Crippen LogP contribution in [0, 0.1) is 5.82 Å². The first-order valence-corrected chi connectivity index (χ1v) is 6.72. The lowest BCUT2D eigenvalue weighted by Gasteiger charge is -2.01. The van der Waals surface area contributed by atoms with Crippen LogP contribution in [0.5, 0.6) is 5.75 Å². The summed E-state index contributed by atoms with van der Waals surface area (Å²) in [6, 6.07) is 13.6. The van der Waals surface area contributed by atoms with Crippen LogP contribution in [0.1, 0.15) is 16.1 Å². The van der Waals surface area contributed by atoms with E-state index in [-0.39, 0.29) is 17.3 Å². The molecule has 110 valence electrons. The number of fused-ring (bicyclic) bond motifs is 1. The quantitative estimate of drug-likeness (QED) is 0.526. The molecule has 0 unspecified atom stereocenters. The maximum atomic E-state index is 13.6. The molecule has 0 spiro atoms. The number of para-hydroxylation sites is 1. The van der Waals surface area contributed by atoms with Crippen LogP contribution in [0.2, 0.25) is 0 Å². The summed E-state index contributed by atoms with van der Waals surface area (Å²) < 4.78 is 23.9. The summed E-state index contributed by atoms with van der Waals surface area (Å²) in [7, 11) is 1.40. The Labute approximate surface area is 126 Å². The van der Waals surface area contributed by atoms with E-state index >= 15 is 0 Å². The maximum Gasteiger partial charge on any atom is 0.221 e. The van der Waals surface area contributed by atoms with E-state index in [1.165, 1.54) is 31.4 Å². The van der Waals surface area contributed by atoms with Gasteiger partial charge >= 0.3 is 0 Å². The zero-order valence-corrected chi connectivity index (χ0v) is 11.9. The number of methoxy groups -OCH3 is 1. The number of furan rings is 1. The highest BCUT2D eigenvalue weighted by Gasteiger charge is 2.09. The minimum absolute atomic E-state index is 0.167. The second-order valence-electron chi connectivity index (χ2n) is 4.74. The van der Waals surface area contributed by atoms with E-state index in [0.717, 1.165) is 5.39 Å². The topological polar surface area (TPSA) is 39.4 Å². The Balaban J connectivity index is 1.82. The van der Waals surface area contributed by atoms with Crippen molar-refractivity contribution in [3.05, 3.63) is 71.7 Å². The van der Waals surface area contributed by atoms with Crippen molar-refractivity contribution < 1.29 is 18.3 Å². The Hall–Kier alpha value is -2.88. The van der Waals surface area contributed by atoms with E-state index in [1.54, 1.807) is 18.2 Å². The van der Waals surface area contributed by atoms with Gasteiger partial charge in [0.2, 0.25) is 5.78 Å². The molecule has 4 heteroatoms. The first kappa shape index (κ1) is 14.1. The fourth-order valence-corrected chi connectivity index (χ4v) is 2.14. The van der Waals surface area contributed by atoms with Gasteiger partial charge in [0.15, 0.2) is 17.3 Å². The van der Waals surface area contributed by atoms with Crippen molar-refractivity contribution in [2.24, 2.45) is 0 Å². The Morgan fingerprint density at radius 3 is 2.73 bits per heavy atom. The van der Waals surface area contributed by atoms with Gasteiger partial charge in [0, 0.05) is 5.39 Å². The number of benzene rings is 2. The Kier molecular flexibility index (Phi) is 3.74. The fraction of sp³-hybridized carbons (Fsp3) is 0.0556. The zero-order valence-electron chi connectivity index (χ0n) is 11.9. The molecule has 22 heavy (non-hydrogen) atoms. The molecule has 3 rings (SSSR count). The van der Waals surface area contributed by atoms with Crippen LogP contribution >= 0.6 is 0 Å². The van der Waals surface area contributed by atoms with Crippen LogP contribution in [0.15, 0.2) is 59.0 Å². The predicted octanol–water partition coefficient (Wildman–Crippen LogP) is 4.48. The molecule has 3 aromatic rings. The molecule has 0 saturated heterocycles. The van der Waals surface area contributed by atoms with Gasteiger partial charge in [-0.1, -0.05) is 30.3 Å². The van der Waals surface area contributed by atoms with Crippen molar-refractivity contribution in [3.8, 4) is 5.75 Å². The highest BCUT2D eigenvalue weighted by molar-refractivity contribution is 6.06. The molecular weight excluding hydrogens is 283 g/mol. The van der Waals surface area contributed by atoms with Gasteiger partial charge in [-0.05, 0) is 35.9 Å². The predicted molar refractivity (Wildman–Crippen MR) is 82.5 cm³/mol. The van der Waals surface area contributed by atoms with Gasteiger partial charge in [0.05, 0.1) is 7.11 Å². The second kappa shape index (κ2) is 5.85. The van der Waals surface area contributed by atoms with Crippen molar-refractivity contribution in [2.45, 2.75) is 0 Å². The lowest BCUT2D eigenvalue weighted by Crippen LogP contribution is -1.91. The summed E-state index contributed by atoms with van der Waals surface area (Å²) in [6.45, 7) is 0. The van der Waals surface area contributed by atoms with Gasteiger partial charge in [0.1, 0.15) is 5.58 Å². The number of ketones is 1. The monoisotopic (exact) mass is 296 g/mol. The van der Waals surface area contributed by atoms with E-state index in [2.05, 4.69) is 0 Å². The zero-order chi connectivity index (χ0) is 15.5. The van der Waals surface area contributed by atoms with Crippen molar-refractivity contribution in [1.82, 2.24) is 0 Å². The Morgan fingerprint density at radius 1 is 1.18 bits per heavy atom. The minimum Gasteiger partial charge on any atom is -0.494 e. The molecule has 0 aliphatic rings. The second-order valence-corrected chi connectivity index (χ2v) is 4.74. The number of rotatable bonds is 4. The molecular formula is C18H13FO3. The maximum absolute atomic E-state index is 13.6. The molecule has 0 aliphatic heterocycles. The Morgan fingerprint density at radius 2 is 2.00 bits per heavy atom. The highest BCUT2D eigenvalue weighted by Crippen LogP contribution is 2.21. The van der Waals surface area contributed by atoms with Gasteiger partial charge in [-0.2, -0.15) is 0 Å². The minimum atomic E-state index is -0.471. The fourth-order valence-electron chi connectivity index (χ4n) is 2.14. The summed E-state index contributed by atoms with van der Waals surface area (Å²) in [5, 5.41) is 0.870. The van der Waals surface area contributed by atoms with Gasteiger partial charge in [-0.3, -0.25) is 4.79 Å². The summed E-state index contributed by atoms with van der Waals surface area (Å²) in [4.78, 5) is 12.1. The normalized spacial score (nSPS) is 11.2. The third-order valence-corrected chi connectivity index (χ3v) is 3.27. The molecule has 0 aliphatic carbocycles. The largest absolute Gasteiger partial charge is 0.494 e. The van der Waals surface area contributed by atoms with Gasteiger partial charge in [-0.15, -0.1) is 0 Å². The van der Waals surface area contributed by atoms with Crippen molar-refractivity contribution in [1.29, 1.82) is 0 Å². The van der Waals surface area contributed by atoms with Crippen LogP contribution < -0.4 is 4.74 Å². The van der Waals surface area contributed by atoms with Crippen LogP contribution in [0.4, 0.5) is 4.39 Å². The van der Waals surface area contributed by atoms with Gasteiger partial charge < -0.3 is 9.15 Å². The lowest BCUT2D eigenvalue weighted by atomic mass is 10.1. The number of hydrogen-bond donors (Lipinski definition) is 0. The van der Waals surface area contributed by atoms with Crippen molar-refractivity contribution >= 4 is 22.8 Å². The number of hydrogen-bond acceptors (Lipinski definition) is 3. The average Bonchev–Trinajstić information content (AvgIpc) is 2.97. The van der Waals surface area contributed by atoms with Crippen LogP contribution in [-0.2, 0) is 0 Å². The summed E-state index contributed by atoms with van der Waals surface area (Å²) >= 11 is 0. The SMILES string of the molecule is COc1ccc(/C=C/C(=O)c2cc3ccccc3o2)cc1F. The lowest BCUT2D eigenvalue weighted by molar-refractivity contribution is 0.102. The molecule has 1 heterocycles. The number of carbonyl (C=O) groups excluding carboxylic acids is 1. The molecule has 0 atom stereocenters.